The van der Waals surface area contributed by atoms with Gasteiger partial charge in [-0.25, -0.2) is 0 Å². The molecule has 0 saturated heterocycles. The number of nitrogens with zero attached hydrogens (tertiary/aromatic N) is 1. The maximum Gasteiger partial charge on any atom is 0.250 e. The number of nitrogens with one attached hydrogen (secondary N) is 1. The van der Waals surface area contributed by atoms with Gasteiger partial charge in [0.1, 0.15) is 0 Å². The van der Waals surface area contributed by atoms with Gasteiger partial charge in [-0.1, -0.05) is 18.2 Å². The van der Waals surface area contributed by atoms with Crippen LogP contribution < -0.4 is 10.9 Å². The standard InChI is InChI=1S/C17H18N2OS/c1-3-19-11-14(8-9-17(19)20)18-12(2)16-10-13-6-4-5-7-15(13)21-16/h4-12,18H,3H2,1-2H3. The lowest BCUT2D eigenvalue weighted by molar-refractivity contribution is 0.726. The van der Waals surface area contributed by atoms with Crippen molar-refractivity contribution in [3.05, 3.63) is 63.9 Å². The lowest BCUT2D eigenvalue weighted by Crippen LogP contribution is -2.18. The minimum atomic E-state index is 0.0394. The van der Waals surface area contributed by atoms with E-state index < -0.39 is 0 Å². The van der Waals surface area contributed by atoms with Gasteiger partial charge in [0.15, 0.2) is 0 Å². The van der Waals surface area contributed by atoms with Gasteiger partial charge in [-0.3, -0.25) is 4.79 Å². The molecule has 2 heterocycles. The van der Waals surface area contributed by atoms with Gasteiger partial charge in [0.25, 0.3) is 5.56 Å². The van der Waals surface area contributed by atoms with Crippen molar-refractivity contribution in [3.63, 3.8) is 0 Å². The van der Waals surface area contributed by atoms with Crippen molar-refractivity contribution in [2.75, 3.05) is 5.32 Å². The van der Waals surface area contributed by atoms with E-state index in [1.54, 1.807) is 22.0 Å². The van der Waals surface area contributed by atoms with E-state index in [-0.39, 0.29) is 11.6 Å². The van der Waals surface area contributed by atoms with Crippen molar-refractivity contribution < 1.29 is 0 Å². The van der Waals surface area contributed by atoms with Gasteiger partial charge in [0.05, 0.1) is 11.7 Å². The monoisotopic (exact) mass is 298 g/mol. The molecule has 0 saturated carbocycles. The van der Waals surface area contributed by atoms with Gasteiger partial charge in [-0.05, 0) is 37.4 Å². The van der Waals surface area contributed by atoms with E-state index in [4.69, 9.17) is 0 Å². The largest absolute Gasteiger partial charge is 0.377 e. The number of hydrogen-bond donors (Lipinski definition) is 1. The summed E-state index contributed by atoms with van der Waals surface area (Å²) < 4.78 is 3.01. The first-order chi connectivity index (χ1) is 10.2. The van der Waals surface area contributed by atoms with Crippen LogP contribution >= 0.6 is 11.3 Å². The molecule has 2 aromatic heterocycles. The van der Waals surface area contributed by atoms with Crippen LogP contribution in [-0.4, -0.2) is 4.57 Å². The van der Waals surface area contributed by atoms with Crippen LogP contribution in [0, 0.1) is 0 Å². The van der Waals surface area contributed by atoms with Crippen LogP contribution in [0.25, 0.3) is 10.1 Å². The Morgan fingerprint density at radius 3 is 2.81 bits per heavy atom. The SMILES string of the molecule is CCn1cc(NC(C)c2cc3ccccc3s2)ccc1=O. The number of benzene rings is 1. The molecule has 0 aliphatic rings. The van der Waals surface area contributed by atoms with Crippen LogP contribution in [0.1, 0.15) is 24.8 Å². The van der Waals surface area contributed by atoms with Crippen LogP contribution in [-0.2, 0) is 6.54 Å². The highest BCUT2D eigenvalue weighted by Gasteiger charge is 2.10. The summed E-state index contributed by atoms with van der Waals surface area (Å²) in [6, 6.07) is 14.3. The third kappa shape index (κ3) is 2.85. The fourth-order valence-corrected chi connectivity index (χ4v) is 3.47. The quantitative estimate of drug-likeness (QED) is 0.781. The highest BCUT2D eigenvalue weighted by Crippen LogP contribution is 2.31. The van der Waals surface area contributed by atoms with E-state index >= 15 is 0 Å². The number of aryl methyl sites for hydroxylation is 1. The third-order valence-electron chi connectivity index (χ3n) is 3.58. The van der Waals surface area contributed by atoms with Gasteiger partial charge in [0, 0.05) is 28.4 Å². The fourth-order valence-electron chi connectivity index (χ4n) is 2.40. The first-order valence-electron chi connectivity index (χ1n) is 7.13. The Morgan fingerprint density at radius 2 is 2.05 bits per heavy atom. The first-order valence-corrected chi connectivity index (χ1v) is 7.94. The van der Waals surface area contributed by atoms with E-state index in [1.807, 2.05) is 19.2 Å². The Morgan fingerprint density at radius 1 is 1.24 bits per heavy atom. The number of thiophene rings is 1. The molecule has 0 spiro atoms. The summed E-state index contributed by atoms with van der Waals surface area (Å²) >= 11 is 1.81. The zero-order valence-corrected chi connectivity index (χ0v) is 13.0. The number of anilines is 1. The predicted octanol–water partition coefficient (Wildman–Crippen LogP) is 4.26. The normalized spacial score (nSPS) is 12.5. The molecular weight excluding hydrogens is 280 g/mol. The molecule has 0 aliphatic heterocycles. The van der Waals surface area contributed by atoms with E-state index in [9.17, 15) is 4.79 Å². The second kappa shape index (κ2) is 5.74. The molecule has 0 bridgehead atoms. The predicted molar refractivity (Wildman–Crippen MR) is 90.2 cm³/mol. The molecule has 0 amide bonds. The van der Waals surface area contributed by atoms with Crippen LogP contribution in [0.3, 0.4) is 0 Å². The van der Waals surface area contributed by atoms with E-state index in [2.05, 4.69) is 42.6 Å². The Kier molecular flexibility index (Phi) is 3.80. The smallest absolute Gasteiger partial charge is 0.250 e. The van der Waals surface area contributed by atoms with Crippen molar-refractivity contribution in [3.8, 4) is 0 Å². The summed E-state index contributed by atoms with van der Waals surface area (Å²) in [4.78, 5) is 12.9. The molecule has 3 rings (SSSR count). The zero-order valence-electron chi connectivity index (χ0n) is 12.2. The topological polar surface area (TPSA) is 34.0 Å². The van der Waals surface area contributed by atoms with Crippen molar-refractivity contribution in [1.82, 2.24) is 4.57 Å². The molecule has 3 aromatic rings. The van der Waals surface area contributed by atoms with Crippen molar-refractivity contribution in [2.24, 2.45) is 0 Å². The molecule has 1 atom stereocenters. The minimum Gasteiger partial charge on any atom is -0.377 e. The third-order valence-corrected chi connectivity index (χ3v) is 4.88. The Balaban J connectivity index is 1.85. The molecule has 3 nitrogen and oxygen atoms in total. The van der Waals surface area contributed by atoms with Crippen LogP contribution in [0.2, 0.25) is 0 Å². The number of fused-ring (bicyclic) bond motifs is 1. The minimum absolute atomic E-state index is 0.0394. The van der Waals surface area contributed by atoms with Crippen LogP contribution in [0.15, 0.2) is 53.5 Å². The maximum absolute atomic E-state index is 11.6. The summed E-state index contributed by atoms with van der Waals surface area (Å²) in [5.41, 5.74) is 1.01. The van der Waals surface area contributed by atoms with Crippen molar-refractivity contribution in [1.29, 1.82) is 0 Å². The number of rotatable bonds is 4. The molecule has 0 aliphatic carbocycles. The summed E-state index contributed by atoms with van der Waals surface area (Å²) in [7, 11) is 0. The summed E-state index contributed by atoms with van der Waals surface area (Å²) in [5.74, 6) is 0. The van der Waals surface area contributed by atoms with Gasteiger partial charge in [0.2, 0.25) is 0 Å². The molecule has 4 heteroatoms. The average Bonchev–Trinajstić information content (AvgIpc) is 2.93. The molecule has 0 fully saturated rings. The van der Waals surface area contributed by atoms with E-state index in [0.717, 1.165) is 5.69 Å². The highest BCUT2D eigenvalue weighted by molar-refractivity contribution is 7.19. The molecule has 1 unspecified atom stereocenters. The van der Waals surface area contributed by atoms with Crippen molar-refractivity contribution in [2.45, 2.75) is 26.4 Å². The van der Waals surface area contributed by atoms with Gasteiger partial charge in [-0.2, -0.15) is 0 Å². The van der Waals surface area contributed by atoms with Gasteiger partial charge in [-0.15, -0.1) is 11.3 Å². The maximum atomic E-state index is 11.6. The number of aromatic nitrogens is 1. The van der Waals surface area contributed by atoms with E-state index in [0.29, 0.717) is 6.54 Å². The van der Waals surface area contributed by atoms with Gasteiger partial charge >= 0.3 is 0 Å². The molecule has 1 aromatic carbocycles. The summed E-state index contributed by atoms with van der Waals surface area (Å²) in [6.45, 7) is 4.80. The first kappa shape index (κ1) is 13.9. The van der Waals surface area contributed by atoms with Crippen LogP contribution in [0.4, 0.5) is 5.69 Å². The molecule has 0 radical (unpaired) electrons. The summed E-state index contributed by atoms with van der Waals surface area (Å²) in [6.07, 6.45) is 1.88. The lowest BCUT2D eigenvalue weighted by Gasteiger charge is -2.14. The van der Waals surface area contributed by atoms with E-state index in [1.165, 1.54) is 15.0 Å². The molecule has 1 N–H and O–H groups in total. The molecule has 108 valence electrons. The Labute approximate surface area is 127 Å². The second-order valence-electron chi connectivity index (χ2n) is 5.09. The number of hydrogen-bond acceptors (Lipinski definition) is 3. The van der Waals surface area contributed by atoms with Crippen LogP contribution in [0.5, 0.6) is 0 Å². The fraction of sp³-hybridized carbons (Fsp3) is 0.235. The molecular formula is C17H18N2OS. The second-order valence-corrected chi connectivity index (χ2v) is 6.21. The summed E-state index contributed by atoms with van der Waals surface area (Å²) in [5, 5.41) is 4.75. The Hall–Kier alpha value is -2.07. The highest BCUT2D eigenvalue weighted by atomic mass is 32.1. The Bertz CT molecular complexity index is 786. The molecule has 21 heavy (non-hydrogen) atoms. The number of pyridine rings is 1. The zero-order chi connectivity index (χ0) is 14.8. The lowest BCUT2D eigenvalue weighted by atomic mass is 10.2. The van der Waals surface area contributed by atoms with Crippen molar-refractivity contribution >= 4 is 27.1 Å². The van der Waals surface area contributed by atoms with Gasteiger partial charge < -0.3 is 9.88 Å². The average molecular weight is 298 g/mol.